The van der Waals surface area contributed by atoms with E-state index in [1.54, 1.807) is 4.90 Å². The van der Waals surface area contributed by atoms with Gasteiger partial charge in [0.1, 0.15) is 11.2 Å². The molecule has 2 rings (SSSR count). The van der Waals surface area contributed by atoms with Crippen LogP contribution in [0.2, 0.25) is 5.02 Å². The van der Waals surface area contributed by atoms with Gasteiger partial charge in [-0.25, -0.2) is 4.39 Å². The van der Waals surface area contributed by atoms with E-state index in [4.69, 9.17) is 23.2 Å². The highest BCUT2D eigenvalue weighted by atomic mass is 35.5. The zero-order valence-electron chi connectivity index (χ0n) is 9.13. The number of likely N-dealkylation sites (tertiary alicyclic amines) is 1. The molecule has 5 heteroatoms. The highest BCUT2D eigenvalue weighted by molar-refractivity contribution is 6.32. The Morgan fingerprint density at radius 2 is 2.00 bits per heavy atom. The third kappa shape index (κ3) is 2.72. The number of carbonyl (C=O) groups excluding carboxylic acids is 1. The second-order valence-electron chi connectivity index (χ2n) is 4.06. The van der Waals surface area contributed by atoms with E-state index in [1.807, 2.05) is 0 Å². The van der Waals surface area contributed by atoms with Gasteiger partial charge < -0.3 is 4.90 Å². The van der Waals surface area contributed by atoms with Crippen molar-refractivity contribution in [2.75, 3.05) is 13.1 Å². The van der Waals surface area contributed by atoms with Crippen molar-refractivity contribution >= 4 is 29.1 Å². The fourth-order valence-corrected chi connectivity index (χ4v) is 2.43. The van der Waals surface area contributed by atoms with Gasteiger partial charge in [-0.15, -0.1) is 11.6 Å². The molecule has 1 heterocycles. The third-order valence-corrected chi connectivity index (χ3v) is 3.52. The highest BCUT2D eigenvalue weighted by Crippen LogP contribution is 2.29. The van der Waals surface area contributed by atoms with Crippen molar-refractivity contribution in [3.05, 3.63) is 34.6 Å². The molecule has 1 fully saturated rings. The van der Waals surface area contributed by atoms with Gasteiger partial charge in [-0.1, -0.05) is 11.6 Å². The topological polar surface area (TPSA) is 20.3 Å². The highest BCUT2D eigenvalue weighted by Gasteiger charge is 2.27. The minimum absolute atomic E-state index is 0.149. The Balaban J connectivity index is 2.20. The first kappa shape index (κ1) is 12.7. The van der Waals surface area contributed by atoms with Crippen LogP contribution in [-0.4, -0.2) is 23.9 Å². The van der Waals surface area contributed by atoms with Gasteiger partial charge in [0.15, 0.2) is 0 Å². The molecule has 1 saturated heterocycles. The van der Waals surface area contributed by atoms with Gasteiger partial charge in [-0.05, 0) is 31.0 Å². The number of nitrogens with zero attached hydrogens (tertiary/aromatic N) is 1. The molecule has 1 atom stereocenters. The number of hydrogen-bond donors (Lipinski definition) is 0. The van der Waals surface area contributed by atoms with E-state index < -0.39 is 11.2 Å². The molecule has 2 nitrogen and oxygen atoms in total. The Morgan fingerprint density at radius 3 is 2.65 bits per heavy atom. The minimum atomic E-state index is -0.994. The maximum atomic E-state index is 13.6. The summed E-state index contributed by atoms with van der Waals surface area (Å²) in [5.41, 5.74) is 0.149. The summed E-state index contributed by atoms with van der Waals surface area (Å²) < 4.78 is 13.6. The largest absolute Gasteiger partial charge is 0.341 e. The normalized spacial score (nSPS) is 17.2. The van der Waals surface area contributed by atoms with Crippen LogP contribution in [0.4, 0.5) is 4.39 Å². The molecular weight excluding hydrogens is 264 g/mol. The summed E-state index contributed by atoms with van der Waals surface area (Å²) in [7, 11) is 0. The molecule has 0 spiro atoms. The van der Waals surface area contributed by atoms with Crippen LogP contribution in [0.1, 0.15) is 23.8 Å². The van der Waals surface area contributed by atoms with Crippen LogP contribution >= 0.6 is 23.2 Å². The van der Waals surface area contributed by atoms with Crippen molar-refractivity contribution in [3.63, 3.8) is 0 Å². The molecule has 1 unspecified atom stereocenters. The molecule has 0 radical (unpaired) electrons. The van der Waals surface area contributed by atoms with Gasteiger partial charge >= 0.3 is 0 Å². The fraction of sp³-hybridized carbons (Fsp3) is 0.417. The van der Waals surface area contributed by atoms with Gasteiger partial charge in [0, 0.05) is 23.7 Å². The number of halogens is 3. The summed E-state index contributed by atoms with van der Waals surface area (Å²) in [6.45, 7) is 1.40. The molecule has 1 aliphatic rings. The van der Waals surface area contributed by atoms with Gasteiger partial charge in [-0.3, -0.25) is 4.79 Å². The van der Waals surface area contributed by atoms with Gasteiger partial charge in [-0.2, -0.15) is 0 Å². The predicted molar refractivity (Wildman–Crippen MR) is 65.8 cm³/mol. The van der Waals surface area contributed by atoms with Gasteiger partial charge in [0.2, 0.25) is 5.91 Å². The Kier molecular flexibility index (Phi) is 3.89. The van der Waals surface area contributed by atoms with E-state index in [0.29, 0.717) is 18.1 Å². The minimum Gasteiger partial charge on any atom is -0.341 e. The summed E-state index contributed by atoms with van der Waals surface area (Å²) in [4.78, 5) is 13.7. The molecule has 92 valence electrons. The maximum Gasteiger partial charge on any atom is 0.245 e. The first-order valence-corrected chi connectivity index (χ1v) is 6.29. The van der Waals surface area contributed by atoms with Gasteiger partial charge in [0.05, 0.1) is 0 Å². The molecule has 1 aliphatic heterocycles. The number of benzene rings is 1. The van der Waals surface area contributed by atoms with E-state index in [-0.39, 0.29) is 11.5 Å². The van der Waals surface area contributed by atoms with Crippen LogP contribution in [0.25, 0.3) is 0 Å². The average Bonchev–Trinajstić information content (AvgIpc) is 2.84. The van der Waals surface area contributed by atoms with Gasteiger partial charge in [0.25, 0.3) is 0 Å². The van der Waals surface area contributed by atoms with Crippen LogP contribution in [0, 0.1) is 5.82 Å². The third-order valence-electron chi connectivity index (χ3n) is 2.87. The summed E-state index contributed by atoms with van der Waals surface area (Å²) in [6.07, 6.45) is 1.96. The monoisotopic (exact) mass is 275 g/mol. The summed E-state index contributed by atoms with van der Waals surface area (Å²) >= 11 is 11.8. The molecule has 0 saturated carbocycles. The molecule has 0 N–H and O–H groups in total. The van der Waals surface area contributed by atoms with Crippen molar-refractivity contribution < 1.29 is 9.18 Å². The SMILES string of the molecule is O=C(C(Cl)c1cc(Cl)ccc1F)N1CCCC1. The second-order valence-corrected chi connectivity index (χ2v) is 4.93. The lowest BCUT2D eigenvalue weighted by atomic mass is 10.1. The standard InChI is InChI=1S/C12H12Cl2FNO/c13-8-3-4-10(15)9(7-8)11(14)12(17)16-5-1-2-6-16/h3-4,7,11H,1-2,5-6H2. The molecule has 1 aromatic rings. The first-order chi connectivity index (χ1) is 8.09. The fourth-order valence-electron chi connectivity index (χ4n) is 1.94. The van der Waals surface area contributed by atoms with Crippen LogP contribution in [0.5, 0.6) is 0 Å². The lowest BCUT2D eigenvalue weighted by molar-refractivity contribution is -0.129. The Morgan fingerprint density at radius 1 is 1.35 bits per heavy atom. The van der Waals surface area contributed by atoms with E-state index in [2.05, 4.69) is 0 Å². The number of amides is 1. The smallest absolute Gasteiger partial charge is 0.245 e. The first-order valence-electron chi connectivity index (χ1n) is 5.47. The van der Waals surface area contributed by atoms with Crippen molar-refractivity contribution in [3.8, 4) is 0 Å². The lowest BCUT2D eigenvalue weighted by Crippen LogP contribution is -2.31. The van der Waals surface area contributed by atoms with E-state index in [1.165, 1.54) is 18.2 Å². The lowest BCUT2D eigenvalue weighted by Gasteiger charge is -2.19. The number of hydrogen-bond acceptors (Lipinski definition) is 1. The van der Waals surface area contributed by atoms with E-state index in [9.17, 15) is 9.18 Å². The number of rotatable bonds is 2. The number of carbonyl (C=O) groups is 1. The number of alkyl halides is 1. The predicted octanol–water partition coefficient (Wildman–Crippen LogP) is 3.38. The summed E-state index contributed by atoms with van der Waals surface area (Å²) in [6, 6.07) is 4.07. The molecule has 0 aromatic heterocycles. The summed E-state index contributed by atoms with van der Waals surface area (Å²) in [5.74, 6) is -0.743. The van der Waals surface area contributed by atoms with Crippen molar-refractivity contribution in [2.45, 2.75) is 18.2 Å². The molecular formula is C12H12Cl2FNO. The van der Waals surface area contributed by atoms with Crippen LogP contribution in [0.15, 0.2) is 18.2 Å². The Bertz CT molecular complexity index is 433. The van der Waals surface area contributed by atoms with E-state index in [0.717, 1.165) is 12.8 Å². The molecule has 17 heavy (non-hydrogen) atoms. The zero-order chi connectivity index (χ0) is 12.4. The molecule has 0 bridgehead atoms. The van der Waals surface area contributed by atoms with Crippen molar-refractivity contribution in [2.24, 2.45) is 0 Å². The molecule has 1 aromatic carbocycles. The second kappa shape index (κ2) is 5.23. The van der Waals surface area contributed by atoms with Crippen molar-refractivity contribution in [1.29, 1.82) is 0 Å². The van der Waals surface area contributed by atoms with Crippen molar-refractivity contribution in [1.82, 2.24) is 4.90 Å². The summed E-state index contributed by atoms with van der Waals surface area (Å²) in [5, 5.41) is -0.618. The zero-order valence-corrected chi connectivity index (χ0v) is 10.6. The van der Waals surface area contributed by atoms with Crippen LogP contribution in [-0.2, 0) is 4.79 Å². The van der Waals surface area contributed by atoms with E-state index >= 15 is 0 Å². The maximum absolute atomic E-state index is 13.6. The average molecular weight is 276 g/mol. The van der Waals surface area contributed by atoms with Crippen LogP contribution in [0.3, 0.4) is 0 Å². The molecule has 0 aliphatic carbocycles. The van der Waals surface area contributed by atoms with Crippen LogP contribution < -0.4 is 0 Å². The Hall–Kier alpha value is -0.800. The Labute approximate surface area is 109 Å². The quantitative estimate of drug-likeness (QED) is 0.758. The molecule has 1 amide bonds.